The Hall–Kier alpha value is -3.41. The summed E-state index contributed by atoms with van der Waals surface area (Å²) in [4.78, 5) is 38.2. The topological polar surface area (TPSA) is 78.9 Å². The molecule has 6 heteroatoms. The van der Waals surface area contributed by atoms with E-state index in [-0.39, 0.29) is 31.1 Å². The summed E-state index contributed by atoms with van der Waals surface area (Å²) in [6, 6.07) is 0. The van der Waals surface area contributed by atoms with Gasteiger partial charge in [-0.3, -0.25) is 14.4 Å². The molecule has 0 saturated heterocycles. The molecule has 0 aromatic rings. The van der Waals surface area contributed by atoms with Crippen LogP contribution in [0.15, 0.2) is 85.1 Å². The number of allylic oxidation sites excluding steroid dienone is 14. The van der Waals surface area contributed by atoms with Crippen molar-refractivity contribution in [1.29, 1.82) is 0 Å². The van der Waals surface area contributed by atoms with Gasteiger partial charge in [-0.05, 0) is 89.9 Å². The van der Waals surface area contributed by atoms with Crippen LogP contribution in [0.25, 0.3) is 0 Å². The molecule has 0 bridgehead atoms. The van der Waals surface area contributed by atoms with Crippen molar-refractivity contribution < 1.29 is 28.6 Å². The largest absolute Gasteiger partial charge is 0.462 e. The van der Waals surface area contributed by atoms with Gasteiger partial charge in [0, 0.05) is 19.3 Å². The highest BCUT2D eigenvalue weighted by atomic mass is 16.6. The molecule has 1 unspecified atom stereocenters. The molecule has 75 heavy (non-hydrogen) atoms. The molecule has 0 aromatic heterocycles. The molecule has 0 rings (SSSR count). The maximum Gasteiger partial charge on any atom is 0.306 e. The summed E-state index contributed by atoms with van der Waals surface area (Å²) in [5, 5.41) is 0. The van der Waals surface area contributed by atoms with Crippen LogP contribution >= 0.6 is 0 Å². The van der Waals surface area contributed by atoms with Gasteiger partial charge in [-0.1, -0.05) is 292 Å². The van der Waals surface area contributed by atoms with Crippen molar-refractivity contribution >= 4 is 17.9 Å². The van der Waals surface area contributed by atoms with Crippen molar-refractivity contribution in [3.05, 3.63) is 85.1 Å². The molecule has 0 spiro atoms. The van der Waals surface area contributed by atoms with E-state index >= 15 is 0 Å². The second kappa shape index (κ2) is 63.1. The van der Waals surface area contributed by atoms with Crippen LogP contribution in [-0.4, -0.2) is 37.2 Å². The highest BCUT2D eigenvalue weighted by Crippen LogP contribution is 2.17. The number of unbranched alkanes of at least 4 members (excludes halogenated alkanes) is 33. The van der Waals surface area contributed by atoms with E-state index in [4.69, 9.17) is 14.2 Å². The van der Waals surface area contributed by atoms with Crippen molar-refractivity contribution in [2.24, 2.45) is 0 Å². The maximum absolute atomic E-state index is 12.9. The smallest absolute Gasteiger partial charge is 0.306 e. The summed E-state index contributed by atoms with van der Waals surface area (Å²) >= 11 is 0. The van der Waals surface area contributed by atoms with Crippen LogP contribution in [0.1, 0.15) is 316 Å². The van der Waals surface area contributed by atoms with E-state index in [0.717, 1.165) is 103 Å². The van der Waals surface area contributed by atoms with Gasteiger partial charge in [0.15, 0.2) is 6.10 Å². The van der Waals surface area contributed by atoms with E-state index < -0.39 is 6.10 Å². The van der Waals surface area contributed by atoms with E-state index in [1.165, 1.54) is 173 Å². The van der Waals surface area contributed by atoms with Crippen LogP contribution < -0.4 is 0 Å². The third-order valence-corrected chi connectivity index (χ3v) is 13.9. The lowest BCUT2D eigenvalue weighted by Gasteiger charge is -2.18. The Bertz CT molecular complexity index is 1430. The molecule has 0 aliphatic rings. The average molecular weight is 1050 g/mol. The van der Waals surface area contributed by atoms with Crippen LogP contribution in [0.5, 0.6) is 0 Å². The molecule has 0 aliphatic heterocycles. The highest BCUT2D eigenvalue weighted by molar-refractivity contribution is 5.71. The Morgan fingerprint density at radius 3 is 0.867 bits per heavy atom. The van der Waals surface area contributed by atoms with Crippen molar-refractivity contribution in [1.82, 2.24) is 0 Å². The normalized spacial score (nSPS) is 12.6. The summed E-state index contributed by atoms with van der Waals surface area (Å²) in [7, 11) is 0. The monoisotopic (exact) mass is 1040 g/mol. The summed E-state index contributed by atoms with van der Waals surface area (Å²) in [6.45, 7) is 6.51. The first-order chi connectivity index (χ1) is 37.0. The maximum atomic E-state index is 12.9. The molecule has 0 N–H and O–H groups in total. The Morgan fingerprint density at radius 1 is 0.280 bits per heavy atom. The standard InChI is InChI=1S/C69H120O6/c1-4-7-10-13-16-19-22-24-26-28-29-30-31-32-33-34-35-36-37-38-39-41-42-44-47-50-53-56-59-62-68(71)74-65-66(64-73-67(70)61-58-55-52-49-46-21-18-15-12-9-6-3)75-69(72)63-60-57-54-51-48-45-43-40-27-25-23-20-17-14-11-8-5-2/h7,10,15-16,18-19,24,26,29-30,32-33,35-36,66H,4-6,8-9,11-14,17,20-23,25,27-28,31,34,37-65H2,1-3H3/b10-7-,18-15-,19-16-,26-24-,30-29-,33-32-,36-35-. The molecule has 0 heterocycles. The summed E-state index contributed by atoms with van der Waals surface area (Å²) in [6.07, 6.45) is 83.1. The SMILES string of the molecule is CC/C=C\C/C=C\C/C=C\C/C=C\C/C=C\C/C=C\CCCCCCCCCCCCC(=O)OCC(COC(=O)CCCCCCC/C=C\CCCC)OC(=O)CCCCCCCCCCCCCCCCCCC. The van der Waals surface area contributed by atoms with Gasteiger partial charge in [-0.25, -0.2) is 0 Å². The average Bonchev–Trinajstić information content (AvgIpc) is 3.41. The van der Waals surface area contributed by atoms with Crippen LogP contribution in [-0.2, 0) is 28.6 Å². The van der Waals surface area contributed by atoms with Crippen LogP contribution in [0.3, 0.4) is 0 Å². The fourth-order valence-corrected chi connectivity index (χ4v) is 9.08. The van der Waals surface area contributed by atoms with Crippen molar-refractivity contribution in [3.63, 3.8) is 0 Å². The third kappa shape index (κ3) is 61.3. The number of rotatable bonds is 58. The van der Waals surface area contributed by atoms with E-state index in [1.54, 1.807) is 0 Å². The van der Waals surface area contributed by atoms with Gasteiger partial charge in [0.2, 0.25) is 0 Å². The molecule has 0 fully saturated rings. The molecule has 1 atom stereocenters. The molecule has 432 valence electrons. The molecule has 0 aromatic carbocycles. The molecular weight excluding hydrogens is 925 g/mol. The predicted octanol–water partition coefficient (Wildman–Crippen LogP) is 21.9. The first kappa shape index (κ1) is 71.6. The Kier molecular flexibility index (Phi) is 60.3. The summed E-state index contributed by atoms with van der Waals surface area (Å²) in [5.41, 5.74) is 0. The molecule has 6 nitrogen and oxygen atoms in total. The van der Waals surface area contributed by atoms with Crippen LogP contribution in [0, 0.1) is 0 Å². The third-order valence-electron chi connectivity index (χ3n) is 13.9. The van der Waals surface area contributed by atoms with Gasteiger partial charge in [0.25, 0.3) is 0 Å². The van der Waals surface area contributed by atoms with Crippen molar-refractivity contribution in [2.45, 2.75) is 322 Å². The van der Waals surface area contributed by atoms with E-state index in [2.05, 4.69) is 106 Å². The second-order valence-corrected chi connectivity index (χ2v) is 21.3. The number of carbonyl (C=O) groups is 3. The van der Waals surface area contributed by atoms with Gasteiger partial charge in [0.1, 0.15) is 13.2 Å². The quantitative estimate of drug-likeness (QED) is 0.0261. The van der Waals surface area contributed by atoms with Crippen molar-refractivity contribution in [3.8, 4) is 0 Å². The lowest BCUT2D eigenvalue weighted by molar-refractivity contribution is -0.167. The Balaban J connectivity index is 4.23. The zero-order valence-electron chi connectivity index (χ0n) is 49.6. The summed E-state index contributed by atoms with van der Waals surface area (Å²) < 4.78 is 16.9. The van der Waals surface area contributed by atoms with Gasteiger partial charge >= 0.3 is 17.9 Å². The van der Waals surface area contributed by atoms with Gasteiger partial charge < -0.3 is 14.2 Å². The highest BCUT2D eigenvalue weighted by Gasteiger charge is 2.19. The zero-order chi connectivity index (χ0) is 54.3. The van der Waals surface area contributed by atoms with Gasteiger partial charge in [0.05, 0.1) is 0 Å². The predicted molar refractivity (Wildman–Crippen MR) is 325 cm³/mol. The fourth-order valence-electron chi connectivity index (χ4n) is 9.08. The van der Waals surface area contributed by atoms with Gasteiger partial charge in [-0.15, -0.1) is 0 Å². The van der Waals surface area contributed by atoms with E-state index in [1.807, 2.05) is 0 Å². The van der Waals surface area contributed by atoms with Crippen LogP contribution in [0.2, 0.25) is 0 Å². The summed E-state index contributed by atoms with van der Waals surface area (Å²) in [5.74, 6) is -0.878. The molecular formula is C69H120O6. The second-order valence-electron chi connectivity index (χ2n) is 21.3. The van der Waals surface area contributed by atoms with Crippen LogP contribution in [0.4, 0.5) is 0 Å². The van der Waals surface area contributed by atoms with Gasteiger partial charge in [-0.2, -0.15) is 0 Å². The molecule has 0 radical (unpaired) electrons. The first-order valence-electron chi connectivity index (χ1n) is 32.1. The fraction of sp³-hybridized carbons (Fsp3) is 0.754. The molecule has 0 aliphatic carbocycles. The minimum absolute atomic E-state index is 0.0782. The number of hydrogen-bond acceptors (Lipinski definition) is 6. The lowest BCUT2D eigenvalue weighted by Crippen LogP contribution is -2.30. The van der Waals surface area contributed by atoms with Crippen molar-refractivity contribution in [2.75, 3.05) is 13.2 Å². The lowest BCUT2D eigenvalue weighted by atomic mass is 10.0. The van der Waals surface area contributed by atoms with E-state index in [9.17, 15) is 14.4 Å². The number of carbonyl (C=O) groups excluding carboxylic acids is 3. The Morgan fingerprint density at radius 2 is 0.533 bits per heavy atom. The molecule has 0 amide bonds. The minimum Gasteiger partial charge on any atom is -0.462 e. The Labute approximate surface area is 465 Å². The number of ether oxygens (including phenoxy) is 3. The number of hydrogen-bond donors (Lipinski definition) is 0. The minimum atomic E-state index is -0.779. The first-order valence-corrected chi connectivity index (χ1v) is 32.1. The zero-order valence-corrected chi connectivity index (χ0v) is 49.6. The molecule has 0 saturated carbocycles. The number of esters is 3. The van der Waals surface area contributed by atoms with E-state index in [0.29, 0.717) is 19.3 Å².